The van der Waals surface area contributed by atoms with E-state index in [9.17, 15) is 5.11 Å². The summed E-state index contributed by atoms with van der Waals surface area (Å²) in [6.07, 6.45) is 1.02. The van der Waals surface area contributed by atoms with Crippen molar-refractivity contribution in [1.29, 1.82) is 0 Å². The first-order chi connectivity index (χ1) is 12.7. The number of tetrazole rings is 1. The highest BCUT2D eigenvalue weighted by Crippen LogP contribution is 2.25. The molecule has 0 aliphatic heterocycles. The van der Waals surface area contributed by atoms with Crippen LogP contribution in [-0.2, 0) is 6.54 Å². The van der Waals surface area contributed by atoms with E-state index in [0.29, 0.717) is 22.1 Å². The van der Waals surface area contributed by atoms with Gasteiger partial charge in [-0.15, -0.1) is 15.3 Å². The zero-order valence-electron chi connectivity index (χ0n) is 13.5. The Hall–Kier alpha value is -3.10. The fourth-order valence-corrected chi connectivity index (χ4v) is 2.88. The van der Waals surface area contributed by atoms with Crippen LogP contribution in [0.25, 0.3) is 22.6 Å². The smallest absolute Gasteiger partial charge is 0.204 e. The first-order valence-electron chi connectivity index (χ1n) is 7.87. The van der Waals surface area contributed by atoms with Gasteiger partial charge in [0, 0.05) is 21.7 Å². The number of hydrogen-bond acceptors (Lipinski definition) is 6. The van der Waals surface area contributed by atoms with E-state index >= 15 is 0 Å². The van der Waals surface area contributed by atoms with Crippen LogP contribution in [0, 0.1) is 0 Å². The van der Waals surface area contributed by atoms with Gasteiger partial charge in [-0.3, -0.25) is 0 Å². The van der Waals surface area contributed by atoms with Crippen molar-refractivity contribution in [1.82, 2.24) is 35.6 Å². The number of aliphatic hydroxyl groups excluding tert-OH is 1. The standard InChI is InChI=1S/C17H14ClN7O/c18-14-4-2-1-3-13(14)16(26)10-25-9-15(19-24-25)11-5-7-12(8-6-11)17-20-22-23-21-17/h1-9,16,26H,10H2,(H,20,21,22,23). The molecule has 4 rings (SSSR count). The number of benzene rings is 2. The average molecular weight is 368 g/mol. The molecule has 9 heteroatoms. The molecule has 0 bridgehead atoms. The first-order valence-corrected chi connectivity index (χ1v) is 8.25. The summed E-state index contributed by atoms with van der Waals surface area (Å²) in [5, 5.41) is 33.0. The minimum Gasteiger partial charge on any atom is -0.386 e. The topological polar surface area (TPSA) is 105 Å². The molecule has 4 aromatic rings. The highest BCUT2D eigenvalue weighted by Gasteiger charge is 2.13. The van der Waals surface area contributed by atoms with Crippen LogP contribution in [0.2, 0.25) is 5.02 Å². The largest absolute Gasteiger partial charge is 0.386 e. The van der Waals surface area contributed by atoms with Crippen molar-refractivity contribution in [2.45, 2.75) is 12.6 Å². The molecule has 130 valence electrons. The number of halogens is 1. The maximum absolute atomic E-state index is 10.4. The summed E-state index contributed by atoms with van der Waals surface area (Å²) in [5.74, 6) is 0.531. The van der Waals surface area contributed by atoms with Crippen LogP contribution < -0.4 is 0 Å². The summed E-state index contributed by atoms with van der Waals surface area (Å²) >= 11 is 6.12. The van der Waals surface area contributed by atoms with Gasteiger partial charge >= 0.3 is 0 Å². The molecular formula is C17H14ClN7O. The monoisotopic (exact) mass is 367 g/mol. The molecule has 0 spiro atoms. The van der Waals surface area contributed by atoms with Crippen LogP contribution >= 0.6 is 11.6 Å². The predicted molar refractivity (Wildman–Crippen MR) is 95.0 cm³/mol. The molecule has 0 aliphatic carbocycles. The highest BCUT2D eigenvalue weighted by molar-refractivity contribution is 6.31. The Morgan fingerprint density at radius 1 is 1.04 bits per heavy atom. The molecule has 0 amide bonds. The summed E-state index contributed by atoms with van der Waals surface area (Å²) in [4.78, 5) is 0. The molecule has 26 heavy (non-hydrogen) atoms. The number of rotatable bonds is 5. The molecule has 0 radical (unpaired) electrons. The highest BCUT2D eigenvalue weighted by atomic mass is 35.5. The molecule has 2 heterocycles. The maximum Gasteiger partial charge on any atom is 0.204 e. The Morgan fingerprint density at radius 3 is 2.54 bits per heavy atom. The number of nitrogens with one attached hydrogen (secondary N) is 1. The Balaban J connectivity index is 1.50. The third-order valence-electron chi connectivity index (χ3n) is 3.95. The molecule has 2 aromatic carbocycles. The number of aromatic nitrogens is 7. The normalized spacial score (nSPS) is 12.2. The van der Waals surface area contributed by atoms with E-state index in [4.69, 9.17) is 11.6 Å². The van der Waals surface area contributed by atoms with Crippen molar-refractivity contribution in [2.24, 2.45) is 0 Å². The minimum absolute atomic E-state index is 0.262. The van der Waals surface area contributed by atoms with Gasteiger partial charge in [0.25, 0.3) is 0 Å². The number of aliphatic hydroxyl groups is 1. The molecule has 0 fully saturated rings. The second-order valence-electron chi connectivity index (χ2n) is 5.68. The zero-order chi connectivity index (χ0) is 17.9. The summed E-state index contributed by atoms with van der Waals surface area (Å²) in [6, 6.07) is 14.8. The summed E-state index contributed by atoms with van der Waals surface area (Å²) in [6.45, 7) is 0.262. The summed E-state index contributed by atoms with van der Waals surface area (Å²) < 4.78 is 1.59. The number of aromatic amines is 1. The van der Waals surface area contributed by atoms with Gasteiger partial charge in [0.2, 0.25) is 5.82 Å². The molecular weight excluding hydrogens is 354 g/mol. The van der Waals surface area contributed by atoms with Crippen molar-refractivity contribution in [3.05, 3.63) is 65.3 Å². The van der Waals surface area contributed by atoms with Gasteiger partial charge < -0.3 is 5.11 Å². The van der Waals surface area contributed by atoms with Gasteiger partial charge in [-0.2, -0.15) is 5.21 Å². The van der Waals surface area contributed by atoms with Crippen LogP contribution in [-0.4, -0.2) is 40.7 Å². The van der Waals surface area contributed by atoms with Crippen LogP contribution in [0.4, 0.5) is 0 Å². The first kappa shape index (κ1) is 16.4. The Morgan fingerprint density at radius 2 is 1.81 bits per heavy atom. The van der Waals surface area contributed by atoms with E-state index in [2.05, 4.69) is 30.9 Å². The summed E-state index contributed by atoms with van der Waals surface area (Å²) in [5.41, 5.74) is 3.12. The Kier molecular flexibility index (Phi) is 4.42. The van der Waals surface area contributed by atoms with Gasteiger partial charge in [-0.25, -0.2) is 4.68 Å². The van der Waals surface area contributed by atoms with Crippen molar-refractivity contribution >= 4 is 11.6 Å². The molecule has 2 N–H and O–H groups in total. The molecule has 0 saturated carbocycles. The predicted octanol–water partition coefficient (Wildman–Crippen LogP) is 2.51. The molecule has 0 saturated heterocycles. The van der Waals surface area contributed by atoms with Crippen molar-refractivity contribution in [3.63, 3.8) is 0 Å². The van der Waals surface area contributed by atoms with E-state index in [1.54, 1.807) is 23.0 Å². The van der Waals surface area contributed by atoms with Crippen molar-refractivity contribution < 1.29 is 5.11 Å². The van der Waals surface area contributed by atoms with E-state index in [-0.39, 0.29) is 6.54 Å². The van der Waals surface area contributed by atoms with Gasteiger partial charge in [0.05, 0.1) is 12.7 Å². The van der Waals surface area contributed by atoms with E-state index in [0.717, 1.165) is 11.1 Å². The lowest BCUT2D eigenvalue weighted by molar-refractivity contribution is 0.151. The maximum atomic E-state index is 10.4. The minimum atomic E-state index is -0.765. The van der Waals surface area contributed by atoms with Crippen LogP contribution in [0.1, 0.15) is 11.7 Å². The van der Waals surface area contributed by atoms with Gasteiger partial charge in [0.15, 0.2) is 0 Å². The van der Waals surface area contributed by atoms with Crippen LogP contribution in [0.3, 0.4) is 0 Å². The summed E-state index contributed by atoms with van der Waals surface area (Å²) in [7, 11) is 0. The van der Waals surface area contributed by atoms with Gasteiger partial charge in [0.1, 0.15) is 11.8 Å². The van der Waals surface area contributed by atoms with E-state index < -0.39 is 6.10 Å². The van der Waals surface area contributed by atoms with Gasteiger partial charge in [-0.05, 0) is 11.3 Å². The van der Waals surface area contributed by atoms with Crippen molar-refractivity contribution in [3.8, 4) is 22.6 Å². The second kappa shape index (κ2) is 7.03. The number of hydrogen-bond donors (Lipinski definition) is 2. The SMILES string of the molecule is OC(Cn1cc(-c2ccc(-c3nn[nH]n3)cc2)nn1)c1ccccc1Cl. The third-order valence-corrected chi connectivity index (χ3v) is 4.29. The fraction of sp³-hybridized carbons (Fsp3) is 0.118. The molecule has 1 unspecified atom stereocenters. The van der Waals surface area contributed by atoms with E-state index in [1.807, 2.05) is 36.4 Å². The lowest BCUT2D eigenvalue weighted by Gasteiger charge is -2.11. The second-order valence-corrected chi connectivity index (χ2v) is 6.08. The lowest BCUT2D eigenvalue weighted by Crippen LogP contribution is -2.09. The fourth-order valence-electron chi connectivity index (χ4n) is 2.61. The van der Waals surface area contributed by atoms with Crippen molar-refractivity contribution in [2.75, 3.05) is 0 Å². The van der Waals surface area contributed by atoms with Crippen LogP contribution in [0.5, 0.6) is 0 Å². The number of H-pyrrole nitrogens is 1. The molecule has 8 nitrogen and oxygen atoms in total. The zero-order valence-corrected chi connectivity index (χ0v) is 14.2. The lowest BCUT2D eigenvalue weighted by atomic mass is 10.1. The van der Waals surface area contributed by atoms with Crippen LogP contribution in [0.15, 0.2) is 54.7 Å². The Bertz CT molecular complexity index is 998. The average Bonchev–Trinajstić information content (AvgIpc) is 3.34. The molecule has 2 aromatic heterocycles. The Labute approximate surface area is 153 Å². The quantitative estimate of drug-likeness (QED) is 0.561. The number of nitrogens with zero attached hydrogens (tertiary/aromatic N) is 6. The molecule has 1 atom stereocenters. The van der Waals surface area contributed by atoms with E-state index in [1.165, 1.54) is 0 Å². The van der Waals surface area contributed by atoms with Gasteiger partial charge in [-0.1, -0.05) is 59.3 Å². The molecule has 0 aliphatic rings. The third kappa shape index (κ3) is 3.32.